The van der Waals surface area contributed by atoms with E-state index in [0.717, 1.165) is 6.07 Å². The lowest BCUT2D eigenvalue weighted by Gasteiger charge is -2.26. The lowest BCUT2D eigenvalue weighted by molar-refractivity contribution is -0.130. The Kier molecular flexibility index (Phi) is 3.74. The molecule has 1 aliphatic heterocycles. The first-order valence-electron chi connectivity index (χ1n) is 6.21. The summed E-state index contributed by atoms with van der Waals surface area (Å²) in [7, 11) is 0. The number of hydrogen-bond acceptors (Lipinski definition) is 4. The van der Waals surface area contributed by atoms with Crippen molar-refractivity contribution in [1.82, 2.24) is 10.5 Å². The molecular formula is C12H15F2N3O3. The topological polar surface area (TPSA) is 84.2 Å². The summed E-state index contributed by atoms with van der Waals surface area (Å²) in [4.78, 5) is 23.3. The van der Waals surface area contributed by atoms with Gasteiger partial charge in [-0.15, -0.1) is 0 Å². The second-order valence-electron chi connectivity index (χ2n) is 5.06. The number of rotatable bonds is 3. The van der Waals surface area contributed by atoms with Crippen LogP contribution in [0, 0.1) is 5.92 Å². The van der Waals surface area contributed by atoms with Crippen LogP contribution in [-0.4, -0.2) is 23.0 Å². The van der Waals surface area contributed by atoms with Crippen LogP contribution in [0.3, 0.4) is 0 Å². The smallest absolute Gasteiger partial charge is 0.290 e. The van der Waals surface area contributed by atoms with Gasteiger partial charge < -0.3 is 9.84 Å². The molecule has 0 saturated carbocycles. The van der Waals surface area contributed by atoms with Crippen LogP contribution in [0.2, 0.25) is 0 Å². The number of nitrogens with zero attached hydrogens (tertiary/aromatic N) is 1. The molecule has 1 aromatic rings. The van der Waals surface area contributed by atoms with Crippen LogP contribution in [0.5, 0.6) is 0 Å². The molecule has 0 aromatic carbocycles. The number of aromatic nitrogens is 1. The average Bonchev–Trinajstić information content (AvgIpc) is 2.75. The fourth-order valence-corrected chi connectivity index (χ4v) is 2.09. The molecule has 20 heavy (non-hydrogen) atoms. The van der Waals surface area contributed by atoms with Crippen LogP contribution >= 0.6 is 0 Å². The molecule has 2 rings (SSSR count). The first-order chi connectivity index (χ1) is 9.25. The number of carbonyl (C=O) groups is 2. The third-order valence-corrected chi connectivity index (χ3v) is 3.05. The van der Waals surface area contributed by atoms with Gasteiger partial charge in [0.15, 0.2) is 5.69 Å². The zero-order chi connectivity index (χ0) is 14.9. The van der Waals surface area contributed by atoms with Gasteiger partial charge in [0.25, 0.3) is 5.92 Å². The monoisotopic (exact) mass is 287 g/mol. The van der Waals surface area contributed by atoms with Gasteiger partial charge in [-0.2, -0.15) is 8.78 Å². The van der Waals surface area contributed by atoms with Gasteiger partial charge in [-0.3, -0.25) is 14.9 Å². The number of anilines is 1. The SMILES string of the molecule is C[C@@H]1C[C@H](C(=O)Nc2cc(C(C)(F)F)no2)CC(=O)N1. The van der Waals surface area contributed by atoms with Gasteiger partial charge in [-0.25, -0.2) is 0 Å². The van der Waals surface area contributed by atoms with Crippen LogP contribution in [0.4, 0.5) is 14.7 Å². The van der Waals surface area contributed by atoms with Crippen LogP contribution in [0.25, 0.3) is 0 Å². The number of hydrogen-bond donors (Lipinski definition) is 2. The number of alkyl halides is 2. The van der Waals surface area contributed by atoms with E-state index in [4.69, 9.17) is 0 Å². The molecule has 1 aromatic heterocycles. The minimum absolute atomic E-state index is 0.0705. The van der Waals surface area contributed by atoms with E-state index in [2.05, 4.69) is 20.3 Å². The summed E-state index contributed by atoms with van der Waals surface area (Å²) in [5.74, 6) is -4.43. The minimum atomic E-state index is -3.13. The van der Waals surface area contributed by atoms with Crippen molar-refractivity contribution >= 4 is 17.7 Å². The van der Waals surface area contributed by atoms with E-state index >= 15 is 0 Å². The van der Waals surface area contributed by atoms with Gasteiger partial charge in [-0.1, -0.05) is 5.16 Å². The number of amides is 2. The predicted octanol–water partition coefficient (Wildman–Crippen LogP) is 1.64. The molecule has 0 radical (unpaired) electrons. The summed E-state index contributed by atoms with van der Waals surface area (Å²) < 4.78 is 30.6. The zero-order valence-electron chi connectivity index (χ0n) is 11.1. The van der Waals surface area contributed by atoms with Crippen molar-refractivity contribution in [1.29, 1.82) is 0 Å². The van der Waals surface area contributed by atoms with E-state index in [0.29, 0.717) is 13.3 Å². The highest BCUT2D eigenvalue weighted by Crippen LogP contribution is 2.28. The van der Waals surface area contributed by atoms with Crippen LogP contribution in [0.15, 0.2) is 10.6 Å². The summed E-state index contributed by atoms with van der Waals surface area (Å²) >= 11 is 0. The number of nitrogens with one attached hydrogen (secondary N) is 2. The molecule has 1 aliphatic rings. The van der Waals surface area contributed by atoms with E-state index < -0.39 is 23.4 Å². The van der Waals surface area contributed by atoms with Crippen LogP contribution in [0.1, 0.15) is 32.4 Å². The average molecular weight is 287 g/mol. The first-order valence-corrected chi connectivity index (χ1v) is 6.21. The van der Waals surface area contributed by atoms with Gasteiger partial charge >= 0.3 is 0 Å². The van der Waals surface area contributed by atoms with Gasteiger partial charge in [0.2, 0.25) is 17.7 Å². The molecule has 2 atom stereocenters. The second kappa shape index (κ2) is 5.18. The highest BCUT2D eigenvalue weighted by atomic mass is 19.3. The maximum atomic E-state index is 13.0. The van der Waals surface area contributed by atoms with E-state index in [-0.39, 0.29) is 24.3 Å². The van der Waals surface area contributed by atoms with Crippen molar-refractivity contribution in [3.8, 4) is 0 Å². The highest BCUT2D eigenvalue weighted by molar-refractivity contribution is 5.95. The molecule has 6 nitrogen and oxygen atoms in total. The molecule has 0 bridgehead atoms. The second-order valence-corrected chi connectivity index (χ2v) is 5.06. The molecule has 1 fully saturated rings. The molecule has 0 spiro atoms. The van der Waals surface area contributed by atoms with Crippen molar-refractivity contribution in [2.45, 2.75) is 38.7 Å². The van der Waals surface area contributed by atoms with Crippen molar-refractivity contribution in [2.24, 2.45) is 5.92 Å². The number of carbonyl (C=O) groups excluding carboxylic acids is 2. The molecule has 2 N–H and O–H groups in total. The van der Waals surface area contributed by atoms with Crippen molar-refractivity contribution in [2.75, 3.05) is 5.32 Å². The fraction of sp³-hybridized carbons (Fsp3) is 0.583. The molecule has 110 valence electrons. The lowest BCUT2D eigenvalue weighted by Crippen LogP contribution is -2.44. The third-order valence-electron chi connectivity index (χ3n) is 3.05. The molecule has 0 aliphatic carbocycles. The number of piperidine rings is 1. The maximum Gasteiger partial charge on any atom is 0.290 e. The molecule has 2 heterocycles. The molecular weight excluding hydrogens is 272 g/mol. The standard InChI is InChI=1S/C12H15F2N3O3/c1-6-3-7(4-9(18)15-6)11(19)16-10-5-8(17-20-10)12(2,13)14/h5-7H,3-4H2,1-2H3,(H,15,18)(H,16,19)/t6-,7+/m1/s1. The quantitative estimate of drug-likeness (QED) is 0.885. The number of halogens is 2. The van der Waals surface area contributed by atoms with Gasteiger partial charge in [0, 0.05) is 31.4 Å². The van der Waals surface area contributed by atoms with E-state index in [9.17, 15) is 18.4 Å². The lowest BCUT2D eigenvalue weighted by atomic mass is 9.92. The minimum Gasteiger partial charge on any atom is -0.354 e. The highest BCUT2D eigenvalue weighted by Gasteiger charge is 2.32. The zero-order valence-corrected chi connectivity index (χ0v) is 11.1. The molecule has 8 heteroatoms. The van der Waals surface area contributed by atoms with Crippen molar-refractivity contribution in [3.63, 3.8) is 0 Å². The molecule has 0 unspecified atom stereocenters. The van der Waals surface area contributed by atoms with Crippen molar-refractivity contribution in [3.05, 3.63) is 11.8 Å². The van der Waals surface area contributed by atoms with E-state index in [1.54, 1.807) is 6.92 Å². The summed E-state index contributed by atoms with van der Waals surface area (Å²) in [6, 6.07) is 0.877. The first kappa shape index (κ1) is 14.4. The Morgan fingerprint density at radius 3 is 2.85 bits per heavy atom. The summed E-state index contributed by atoms with van der Waals surface area (Å²) in [5.41, 5.74) is -0.553. The van der Waals surface area contributed by atoms with Gasteiger partial charge in [-0.05, 0) is 13.3 Å². The molecule has 2 amide bonds. The maximum absolute atomic E-state index is 13.0. The predicted molar refractivity (Wildman–Crippen MR) is 65.0 cm³/mol. The van der Waals surface area contributed by atoms with Gasteiger partial charge in [0.05, 0.1) is 0 Å². The Hall–Kier alpha value is -1.99. The Morgan fingerprint density at radius 2 is 2.30 bits per heavy atom. The van der Waals surface area contributed by atoms with E-state index in [1.165, 1.54) is 0 Å². The molecule has 1 saturated heterocycles. The Bertz CT molecular complexity index is 524. The normalized spacial score (nSPS) is 23.3. The van der Waals surface area contributed by atoms with Crippen LogP contribution in [-0.2, 0) is 15.5 Å². The van der Waals surface area contributed by atoms with Crippen molar-refractivity contribution < 1.29 is 22.9 Å². The largest absolute Gasteiger partial charge is 0.354 e. The summed E-state index contributed by atoms with van der Waals surface area (Å²) in [6.45, 7) is 2.48. The fourth-order valence-electron chi connectivity index (χ4n) is 2.09. The van der Waals surface area contributed by atoms with Crippen LogP contribution < -0.4 is 10.6 Å². The van der Waals surface area contributed by atoms with Gasteiger partial charge in [0.1, 0.15) is 0 Å². The summed E-state index contributed by atoms with van der Waals surface area (Å²) in [6.07, 6.45) is 0.559. The Morgan fingerprint density at radius 1 is 1.60 bits per heavy atom. The third kappa shape index (κ3) is 3.31. The Balaban J connectivity index is 2.01. The van der Waals surface area contributed by atoms with E-state index in [1.807, 2.05) is 0 Å². The Labute approximate surface area is 113 Å². The summed E-state index contributed by atoms with van der Waals surface area (Å²) in [5, 5.41) is 8.26.